The van der Waals surface area contributed by atoms with Crippen molar-refractivity contribution in [3.63, 3.8) is 0 Å². The summed E-state index contributed by atoms with van der Waals surface area (Å²) in [5.41, 5.74) is 4.41. The molecule has 0 atom stereocenters. The molecule has 4 rings (SSSR count). The van der Waals surface area contributed by atoms with E-state index in [2.05, 4.69) is 20.4 Å². The highest BCUT2D eigenvalue weighted by atomic mass is 19.1. The van der Waals surface area contributed by atoms with E-state index in [1.807, 2.05) is 24.3 Å². The number of aryl methyl sites for hydroxylation is 1. The molecule has 0 fully saturated rings. The van der Waals surface area contributed by atoms with Gasteiger partial charge in [0.25, 0.3) is 5.91 Å². The molecule has 0 unspecified atom stereocenters. The second kappa shape index (κ2) is 8.02. The molecule has 0 saturated carbocycles. The first-order valence-corrected chi connectivity index (χ1v) is 9.03. The summed E-state index contributed by atoms with van der Waals surface area (Å²) in [5.74, 6) is -0.557. The first-order valence-electron chi connectivity index (χ1n) is 9.03. The van der Waals surface area contributed by atoms with E-state index >= 15 is 0 Å². The fourth-order valence-corrected chi connectivity index (χ4v) is 2.97. The summed E-state index contributed by atoms with van der Waals surface area (Å²) in [5, 5.41) is 7.26. The van der Waals surface area contributed by atoms with Crippen molar-refractivity contribution in [3.8, 4) is 22.5 Å². The molecule has 3 heterocycles. The first kappa shape index (κ1) is 18.5. The van der Waals surface area contributed by atoms with Crippen LogP contribution in [-0.4, -0.2) is 25.7 Å². The molecule has 6 nitrogen and oxygen atoms in total. The van der Waals surface area contributed by atoms with Crippen LogP contribution in [0.5, 0.6) is 0 Å². The number of benzene rings is 1. The third-order valence-corrected chi connectivity index (χ3v) is 4.49. The van der Waals surface area contributed by atoms with Gasteiger partial charge >= 0.3 is 0 Å². The predicted molar refractivity (Wildman–Crippen MR) is 107 cm³/mol. The van der Waals surface area contributed by atoms with Crippen molar-refractivity contribution >= 4 is 5.91 Å². The molecule has 1 aromatic carbocycles. The van der Waals surface area contributed by atoms with Crippen LogP contribution >= 0.6 is 0 Å². The fraction of sp³-hybridized carbons (Fsp3) is 0.0909. The lowest BCUT2D eigenvalue weighted by Crippen LogP contribution is -2.25. The summed E-state index contributed by atoms with van der Waals surface area (Å²) in [4.78, 5) is 21.1. The molecule has 0 saturated heterocycles. The highest BCUT2D eigenvalue weighted by Crippen LogP contribution is 2.20. The van der Waals surface area contributed by atoms with Crippen molar-refractivity contribution < 1.29 is 9.18 Å². The fourth-order valence-electron chi connectivity index (χ4n) is 2.97. The Hall–Kier alpha value is -3.87. The van der Waals surface area contributed by atoms with Crippen molar-refractivity contribution in [2.75, 3.05) is 0 Å². The van der Waals surface area contributed by atoms with Gasteiger partial charge in [0.15, 0.2) is 0 Å². The van der Waals surface area contributed by atoms with Gasteiger partial charge in [0, 0.05) is 43.3 Å². The number of hydrogen-bond acceptors (Lipinski definition) is 4. The van der Waals surface area contributed by atoms with E-state index in [-0.39, 0.29) is 11.7 Å². The van der Waals surface area contributed by atoms with Crippen molar-refractivity contribution in [3.05, 3.63) is 90.3 Å². The van der Waals surface area contributed by atoms with Crippen LogP contribution in [0.2, 0.25) is 0 Å². The quantitative estimate of drug-likeness (QED) is 0.568. The monoisotopic (exact) mass is 387 g/mol. The zero-order valence-corrected chi connectivity index (χ0v) is 15.7. The number of nitrogens with one attached hydrogen (secondary N) is 1. The minimum atomic E-state index is -0.314. The van der Waals surface area contributed by atoms with E-state index < -0.39 is 0 Å². The average molecular weight is 387 g/mol. The zero-order valence-electron chi connectivity index (χ0n) is 15.7. The van der Waals surface area contributed by atoms with Crippen LogP contribution in [0.1, 0.15) is 16.1 Å². The summed E-state index contributed by atoms with van der Waals surface area (Å²) in [6.45, 7) is 0.353. The van der Waals surface area contributed by atoms with Gasteiger partial charge in [0.1, 0.15) is 11.5 Å². The molecule has 29 heavy (non-hydrogen) atoms. The Bertz CT molecular complexity index is 1140. The maximum atomic E-state index is 13.1. The van der Waals surface area contributed by atoms with Gasteiger partial charge < -0.3 is 5.32 Å². The number of aromatic nitrogens is 4. The number of halogens is 1. The van der Waals surface area contributed by atoms with Crippen LogP contribution in [0.4, 0.5) is 4.39 Å². The van der Waals surface area contributed by atoms with Crippen molar-refractivity contribution in [2.24, 2.45) is 7.05 Å². The summed E-state index contributed by atoms with van der Waals surface area (Å²) < 4.78 is 14.6. The maximum absolute atomic E-state index is 13.1. The molecule has 0 spiro atoms. The van der Waals surface area contributed by atoms with E-state index in [4.69, 9.17) is 0 Å². The van der Waals surface area contributed by atoms with Crippen LogP contribution in [0.25, 0.3) is 22.5 Å². The van der Waals surface area contributed by atoms with Crippen LogP contribution in [-0.2, 0) is 13.6 Å². The topological polar surface area (TPSA) is 72.7 Å². The summed E-state index contributed by atoms with van der Waals surface area (Å²) in [6.07, 6.45) is 5.17. The number of carbonyl (C=O) groups is 1. The lowest BCUT2D eigenvalue weighted by Gasteiger charge is -2.07. The Morgan fingerprint density at radius 1 is 1.03 bits per heavy atom. The van der Waals surface area contributed by atoms with Crippen LogP contribution in [0.15, 0.2) is 73.2 Å². The normalized spacial score (nSPS) is 10.7. The van der Waals surface area contributed by atoms with Gasteiger partial charge in [-0.1, -0.05) is 0 Å². The molecule has 0 radical (unpaired) electrons. The average Bonchev–Trinajstić information content (AvgIpc) is 3.15. The smallest absolute Gasteiger partial charge is 0.269 e. The second-order valence-electron chi connectivity index (χ2n) is 6.52. The van der Waals surface area contributed by atoms with Gasteiger partial charge in [-0.3, -0.25) is 19.4 Å². The molecule has 0 aliphatic heterocycles. The van der Waals surface area contributed by atoms with Gasteiger partial charge in [-0.05, 0) is 60.2 Å². The molecule has 0 bridgehead atoms. The van der Waals surface area contributed by atoms with Crippen molar-refractivity contribution in [1.82, 2.24) is 25.1 Å². The van der Waals surface area contributed by atoms with Crippen LogP contribution in [0.3, 0.4) is 0 Å². The molecule has 1 amide bonds. The Morgan fingerprint density at radius 3 is 2.62 bits per heavy atom. The Kier molecular flexibility index (Phi) is 5.11. The summed E-state index contributed by atoms with van der Waals surface area (Å²) in [6, 6.07) is 15.3. The Morgan fingerprint density at radius 2 is 1.86 bits per heavy atom. The molecule has 4 aromatic rings. The van der Waals surface area contributed by atoms with Crippen LogP contribution in [0, 0.1) is 5.82 Å². The molecule has 144 valence electrons. The lowest BCUT2D eigenvalue weighted by atomic mass is 10.1. The second-order valence-corrected chi connectivity index (χ2v) is 6.52. The van der Waals surface area contributed by atoms with Crippen molar-refractivity contribution in [2.45, 2.75) is 6.54 Å². The molecule has 1 N–H and O–H groups in total. The third kappa shape index (κ3) is 4.19. The SMILES string of the molecule is Cn1nc(-c2ccc(F)cc2)cc1C(=O)NCc1ccnc(-c2cccnc2)c1. The molecule has 0 aliphatic rings. The molecule has 7 heteroatoms. The van der Waals surface area contributed by atoms with E-state index in [1.165, 1.54) is 16.8 Å². The third-order valence-electron chi connectivity index (χ3n) is 4.49. The molecule has 0 aliphatic carbocycles. The highest BCUT2D eigenvalue weighted by Gasteiger charge is 2.14. The number of hydrogen-bond donors (Lipinski definition) is 1. The number of nitrogens with zero attached hydrogens (tertiary/aromatic N) is 4. The Balaban J connectivity index is 1.47. The van der Waals surface area contributed by atoms with E-state index in [9.17, 15) is 9.18 Å². The van der Waals surface area contributed by atoms with E-state index in [1.54, 1.807) is 43.8 Å². The minimum Gasteiger partial charge on any atom is -0.347 e. The summed E-state index contributed by atoms with van der Waals surface area (Å²) in [7, 11) is 1.70. The van der Waals surface area contributed by atoms with Crippen molar-refractivity contribution in [1.29, 1.82) is 0 Å². The number of amides is 1. The lowest BCUT2D eigenvalue weighted by molar-refractivity contribution is 0.0941. The number of pyridine rings is 2. The van der Waals surface area contributed by atoms with Gasteiger partial charge in [-0.2, -0.15) is 5.10 Å². The van der Waals surface area contributed by atoms with E-state index in [0.29, 0.717) is 17.9 Å². The first-order chi connectivity index (χ1) is 14.1. The maximum Gasteiger partial charge on any atom is 0.269 e. The molecular formula is C22H18FN5O. The highest BCUT2D eigenvalue weighted by molar-refractivity contribution is 5.93. The number of rotatable bonds is 5. The molecular weight excluding hydrogens is 369 g/mol. The zero-order chi connectivity index (χ0) is 20.2. The van der Waals surface area contributed by atoms with Crippen LogP contribution < -0.4 is 5.32 Å². The van der Waals surface area contributed by atoms with Gasteiger partial charge in [-0.25, -0.2) is 4.39 Å². The largest absolute Gasteiger partial charge is 0.347 e. The number of carbonyl (C=O) groups excluding carboxylic acids is 1. The minimum absolute atomic E-state index is 0.242. The van der Waals surface area contributed by atoms with Gasteiger partial charge in [0.2, 0.25) is 0 Å². The standard InChI is InChI=1S/C22H18FN5O/c1-28-21(12-20(27-28)16-4-6-18(23)7-5-16)22(29)26-13-15-8-10-25-19(11-15)17-3-2-9-24-14-17/h2-12,14H,13H2,1H3,(H,26,29). The Labute approximate surface area is 167 Å². The summed E-state index contributed by atoms with van der Waals surface area (Å²) >= 11 is 0. The van der Waals surface area contributed by atoms with Gasteiger partial charge in [-0.15, -0.1) is 0 Å². The predicted octanol–water partition coefficient (Wildman–Crippen LogP) is 3.61. The molecule has 3 aromatic heterocycles. The van der Waals surface area contributed by atoms with Gasteiger partial charge in [0.05, 0.1) is 11.4 Å². The van der Waals surface area contributed by atoms with E-state index in [0.717, 1.165) is 22.4 Å².